The van der Waals surface area contributed by atoms with Crippen LogP contribution in [0.15, 0.2) is 36.5 Å². The molecular weight excluding hydrogens is 256 g/mol. The lowest BCUT2D eigenvalue weighted by Gasteiger charge is -2.02. The summed E-state index contributed by atoms with van der Waals surface area (Å²) in [6.45, 7) is 0. The minimum atomic E-state index is -0.425. The largest absolute Gasteiger partial charge is 0.465 e. The van der Waals surface area contributed by atoms with Gasteiger partial charge in [0.25, 0.3) is 5.91 Å². The van der Waals surface area contributed by atoms with Crippen LogP contribution in [0.4, 0.5) is 5.69 Å². The molecule has 100 valence electrons. The number of fused-ring (bicyclic) bond motifs is 1. The number of esters is 1. The molecule has 5 nitrogen and oxygen atoms in total. The van der Waals surface area contributed by atoms with Crippen LogP contribution in [0.25, 0.3) is 11.6 Å². The van der Waals surface area contributed by atoms with E-state index in [9.17, 15) is 9.59 Å². The summed E-state index contributed by atoms with van der Waals surface area (Å²) in [7, 11) is 1.33. The average Bonchev–Trinajstić information content (AvgIpc) is 3.07. The fourth-order valence-corrected chi connectivity index (χ4v) is 2.17. The fourth-order valence-electron chi connectivity index (χ4n) is 2.17. The Morgan fingerprint density at radius 1 is 1.30 bits per heavy atom. The second-order valence-corrected chi connectivity index (χ2v) is 4.39. The van der Waals surface area contributed by atoms with E-state index in [1.807, 2.05) is 12.1 Å². The van der Waals surface area contributed by atoms with Crippen LogP contribution in [0.3, 0.4) is 0 Å². The lowest BCUT2D eigenvalue weighted by molar-refractivity contribution is -0.110. The maximum Gasteiger partial charge on any atom is 0.337 e. The first-order valence-electron chi connectivity index (χ1n) is 6.08. The predicted molar refractivity (Wildman–Crippen MR) is 75.1 cm³/mol. The molecule has 2 heterocycles. The Morgan fingerprint density at radius 2 is 2.15 bits per heavy atom. The highest BCUT2D eigenvalue weighted by Crippen LogP contribution is 2.33. The number of benzene rings is 1. The number of carbonyl (C=O) groups excluding carboxylic acids is 2. The van der Waals surface area contributed by atoms with Gasteiger partial charge in [-0.15, -0.1) is 0 Å². The summed E-state index contributed by atoms with van der Waals surface area (Å²) >= 11 is 0. The van der Waals surface area contributed by atoms with E-state index >= 15 is 0 Å². The summed E-state index contributed by atoms with van der Waals surface area (Å²) in [5, 5.41) is 2.77. The van der Waals surface area contributed by atoms with Gasteiger partial charge in [-0.2, -0.15) is 0 Å². The maximum atomic E-state index is 12.0. The van der Waals surface area contributed by atoms with Crippen molar-refractivity contribution in [2.45, 2.75) is 0 Å². The molecule has 2 aromatic rings. The molecule has 2 N–H and O–H groups in total. The first-order valence-corrected chi connectivity index (χ1v) is 6.08. The summed E-state index contributed by atoms with van der Waals surface area (Å²) in [4.78, 5) is 26.6. The topological polar surface area (TPSA) is 71.2 Å². The van der Waals surface area contributed by atoms with Crippen LogP contribution in [-0.4, -0.2) is 24.0 Å². The summed E-state index contributed by atoms with van der Waals surface area (Å²) in [6.07, 6.45) is 3.53. The highest BCUT2D eigenvalue weighted by Gasteiger charge is 2.25. The standard InChI is InChI=1S/C15H12N2O3/c1-20-15(19)9-4-5-13-11(7-9)12(14(18)17-13)8-10-3-2-6-16-10/h2-8,16H,1H3,(H,17,18). The second kappa shape index (κ2) is 4.70. The minimum Gasteiger partial charge on any atom is -0.465 e. The van der Waals surface area contributed by atoms with E-state index in [1.54, 1.807) is 30.5 Å². The third kappa shape index (κ3) is 1.99. The molecule has 1 aromatic carbocycles. The van der Waals surface area contributed by atoms with Gasteiger partial charge in [0.05, 0.1) is 18.2 Å². The van der Waals surface area contributed by atoms with Gasteiger partial charge in [-0.05, 0) is 36.4 Å². The van der Waals surface area contributed by atoms with Crippen LogP contribution in [0.1, 0.15) is 21.6 Å². The molecule has 0 unspecified atom stereocenters. The van der Waals surface area contributed by atoms with Crippen molar-refractivity contribution in [3.63, 3.8) is 0 Å². The van der Waals surface area contributed by atoms with E-state index in [4.69, 9.17) is 4.74 Å². The molecule has 1 aromatic heterocycles. The molecule has 1 aliphatic heterocycles. The number of aromatic nitrogens is 1. The van der Waals surface area contributed by atoms with Crippen molar-refractivity contribution in [1.82, 2.24) is 4.98 Å². The molecule has 0 fully saturated rings. The third-order valence-electron chi connectivity index (χ3n) is 3.15. The predicted octanol–water partition coefficient (Wildman–Crippen LogP) is 2.29. The first kappa shape index (κ1) is 12.2. The van der Waals surface area contributed by atoms with Gasteiger partial charge in [-0.3, -0.25) is 4.79 Å². The van der Waals surface area contributed by atoms with Crippen LogP contribution in [0, 0.1) is 0 Å². The van der Waals surface area contributed by atoms with Gasteiger partial charge >= 0.3 is 5.97 Å². The summed E-state index contributed by atoms with van der Waals surface area (Å²) in [6, 6.07) is 8.71. The molecule has 0 saturated carbocycles. The van der Waals surface area contributed by atoms with Crippen molar-refractivity contribution in [2.24, 2.45) is 0 Å². The van der Waals surface area contributed by atoms with E-state index in [-0.39, 0.29) is 5.91 Å². The van der Waals surface area contributed by atoms with Crippen molar-refractivity contribution >= 4 is 29.2 Å². The number of ether oxygens (including phenoxy) is 1. The summed E-state index contributed by atoms with van der Waals surface area (Å²) < 4.78 is 4.69. The first-order chi connectivity index (χ1) is 9.69. The number of amides is 1. The number of rotatable bonds is 2. The molecular formula is C15H12N2O3. The number of hydrogen-bond acceptors (Lipinski definition) is 3. The van der Waals surface area contributed by atoms with Crippen LogP contribution < -0.4 is 5.32 Å². The van der Waals surface area contributed by atoms with Crippen LogP contribution in [0.5, 0.6) is 0 Å². The monoisotopic (exact) mass is 268 g/mol. The SMILES string of the molecule is COC(=O)c1ccc2c(c1)C(=Cc1ccc[nH]1)C(=O)N2. The number of methoxy groups -OCH3 is 1. The van der Waals surface area contributed by atoms with Crippen molar-refractivity contribution in [1.29, 1.82) is 0 Å². The second-order valence-electron chi connectivity index (χ2n) is 4.39. The van der Waals surface area contributed by atoms with Crippen LogP contribution in [-0.2, 0) is 9.53 Å². The normalized spacial score (nSPS) is 15.1. The zero-order valence-corrected chi connectivity index (χ0v) is 10.8. The Hall–Kier alpha value is -2.82. The van der Waals surface area contributed by atoms with E-state index in [0.717, 1.165) is 5.69 Å². The maximum absolute atomic E-state index is 12.0. The highest BCUT2D eigenvalue weighted by molar-refractivity contribution is 6.35. The fraction of sp³-hybridized carbons (Fsp3) is 0.0667. The Morgan fingerprint density at radius 3 is 2.85 bits per heavy atom. The smallest absolute Gasteiger partial charge is 0.337 e. The van der Waals surface area contributed by atoms with E-state index in [0.29, 0.717) is 22.4 Å². The molecule has 0 aliphatic carbocycles. The Bertz CT molecular complexity index is 715. The van der Waals surface area contributed by atoms with Gasteiger partial charge < -0.3 is 15.0 Å². The molecule has 20 heavy (non-hydrogen) atoms. The summed E-state index contributed by atoms with van der Waals surface area (Å²) in [5.74, 6) is -0.608. The number of anilines is 1. The third-order valence-corrected chi connectivity index (χ3v) is 3.15. The zero-order chi connectivity index (χ0) is 14.1. The van der Waals surface area contributed by atoms with Crippen molar-refractivity contribution < 1.29 is 14.3 Å². The quantitative estimate of drug-likeness (QED) is 0.648. The molecule has 0 saturated heterocycles. The number of carbonyl (C=O) groups is 2. The Balaban J connectivity index is 2.08. The van der Waals surface area contributed by atoms with Crippen LogP contribution >= 0.6 is 0 Å². The summed E-state index contributed by atoms with van der Waals surface area (Å²) in [5.41, 5.74) is 3.16. The lowest BCUT2D eigenvalue weighted by atomic mass is 10.0. The van der Waals surface area contributed by atoms with E-state index in [2.05, 4.69) is 10.3 Å². The molecule has 1 amide bonds. The lowest BCUT2D eigenvalue weighted by Crippen LogP contribution is -2.03. The van der Waals surface area contributed by atoms with Crippen molar-refractivity contribution in [3.8, 4) is 0 Å². The highest BCUT2D eigenvalue weighted by atomic mass is 16.5. The molecule has 0 spiro atoms. The average molecular weight is 268 g/mol. The van der Waals surface area contributed by atoms with Crippen molar-refractivity contribution in [3.05, 3.63) is 53.3 Å². The van der Waals surface area contributed by atoms with Gasteiger partial charge in [0.2, 0.25) is 0 Å². The van der Waals surface area contributed by atoms with Crippen LogP contribution in [0.2, 0.25) is 0 Å². The number of H-pyrrole nitrogens is 1. The van der Waals surface area contributed by atoms with E-state index < -0.39 is 5.97 Å². The molecule has 5 heteroatoms. The van der Waals surface area contributed by atoms with Crippen molar-refractivity contribution in [2.75, 3.05) is 12.4 Å². The number of aromatic amines is 1. The number of hydrogen-bond donors (Lipinski definition) is 2. The molecule has 0 bridgehead atoms. The molecule has 0 radical (unpaired) electrons. The van der Waals surface area contributed by atoms with Gasteiger partial charge in [0, 0.05) is 23.1 Å². The van der Waals surface area contributed by atoms with Gasteiger partial charge in [-0.25, -0.2) is 4.79 Å². The van der Waals surface area contributed by atoms with E-state index in [1.165, 1.54) is 7.11 Å². The molecule has 1 aliphatic rings. The van der Waals surface area contributed by atoms with Gasteiger partial charge in [0.1, 0.15) is 0 Å². The minimum absolute atomic E-state index is 0.184. The Kier molecular flexibility index (Phi) is 2.87. The zero-order valence-electron chi connectivity index (χ0n) is 10.8. The Labute approximate surface area is 115 Å². The number of nitrogens with one attached hydrogen (secondary N) is 2. The molecule has 0 atom stereocenters. The molecule has 3 rings (SSSR count). The van der Waals surface area contributed by atoms with Gasteiger partial charge in [-0.1, -0.05) is 0 Å². The van der Waals surface area contributed by atoms with Gasteiger partial charge in [0.15, 0.2) is 0 Å².